The van der Waals surface area contributed by atoms with Gasteiger partial charge in [-0.25, -0.2) is 0 Å². The molecule has 2 rings (SSSR count). The number of nitrogens with one attached hydrogen (secondary N) is 1. The molecule has 0 heterocycles. The fraction of sp³-hybridized carbons (Fsp3) is 0.600. The van der Waals surface area contributed by atoms with Crippen LogP contribution in [0.3, 0.4) is 0 Å². The molecule has 20 heavy (non-hydrogen) atoms. The van der Waals surface area contributed by atoms with Crippen molar-refractivity contribution < 1.29 is 13.2 Å². The van der Waals surface area contributed by atoms with Crippen molar-refractivity contribution in [3.63, 3.8) is 0 Å². The quantitative estimate of drug-likeness (QED) is 0.801. The molecule has 0 bridgehead atoms. The lowest BCUT2D eigenvalue weighted by Crippen LogP contribution is -2.38. The molecule has 1 nitrogen and oxygen atoms in total. The van der Waals surface area contributed by atoms with Gasteiger partial charge in [0, 0.05) is 18.3 Å². The van der Waals surface area contributed by atoms with Gasteiger partial charge in [-0.15, -0.1) is 0 Å². The predicted molar refractivity (Wildman–Crippen MR) is 78.0 cm³/mol. The highest BCUT2D eigenvalue weighted by molar-refractivity contribution is 8.00. The monoisotopic (exact) mass is 303 g/mol. The van der Waals surface area contributed by atoms with Crippen LogP contribution in [0.5, 0.6) is 0 Å². The van der Waals surface area contributed by atoms with Gasteiger partial charge in [0.15, 0.2) is 0 Å². The molecule has 5 heteroatoms. The average molecular weight is 303 g/mol. The highest BCUT2D eigenvalue weighted by Gasteiger charge is 2.29. The summed E-state index contributed by atoms with van der Waals surface area (Å²) in [7, 11) is 0. The van der Waals surface area contributed by atoms with Gasteiger partial charge in [0.1, 0.15) is 0 Å². The van der Waals surface area contributed by atoms with Crippen LogP contribution in [-0.2, 0) is 0 Å². The normalized spacial score (nSPS) is 23.8. The van der Waals surface area contributed by atoms with Crippen LogP contribution >= 0.6 is 11.8 Å². The minimum atomic E-state index is -4.12. The van der Waals surface area contributed by atoms with Crippen LogP contribution in [0.25, 0.3) is 0 Å². The Labute approximate surface area is 122 Å². The SMILES string of the molecule is FC(F)(F)SCCNC1CCCCC1c1ccccc1. The lowest BCUT2D eigenvalue weighted by molar-refractivity contribution is -0.0327. The fourth-order valence-electron chi connectivity index (χ4n) is 2.89. The molecule has 0 aliphatic heterocycles. The lowest BCUT2D eigenvalue weighted by Gasteiger charge is -2.32. The Morgan fingerprint density at radius 3 is 2.50 bits per heavy atom. The second-order valence-corrected chi connectivity index (χ2v) is 6.32. The fourth-order valence-corrected chi connectivity index (χ4v) is 3.34. The molecule has 2 atom stereocenters. The van der Waals surface area contributed by atoms with Crippen molar-refractivity contribution >= 4 is 11.8 Å². The number of alkyl halides is 3. The Bertz CT molecular complexity index is 394. The highest BCUT2D eigenvalue weighted by atomic mass is 32.2. The Hall–Kier alpha value is -0.680. The Morgan fingerprint density at radius 1 is 1.10 bits per heavy atom. The summed E-state index contributed by atoms with van der Waals surface area (Å²) >= 11 is 0.0567. The zero-order valence-electron chi connectivity index (χ0n) is 11.3. The zero-order chi connectivity index (χ0) is 14.4. The largest absolute Gasteiger partial charge is 0.441 e. The second kappa shape index (κ2) is 7.36. The topological polar surface area (TPSA) is 12.0 Å². The van der Waals surface area contributed by atoms with Gasteiger partial charge in [0.05, 0.1) is 0 Å². The van der Waals surface area contributed by atoms with Crippen LogP contribution < -0.4 is 5.32 Å². The molecule has 1 fully saturated rings. The van der Waals surface area contributed by atoms with Crippen LogP contribution in [0, 0.1) is 0 Å². The summed E-state index contributed by atoms with van der Waals surface area (Å²) in [5, 5.41) is 3.32. The van der Waals surface area contributed by atoms with E-state index in [4.69, 9.17) is 0 Å². The molecule has 1 aromatic carbocycles. The third-order valence-corrected chi connectivity index (χ3v) is 4.50. The number of halogens is 3. The third kappa shape index (κ3) is 5.02. The zero-order valence-corrected chi connectivity index (χ0v) is 12.1. The summed E-state index contributed by atoms with van der Waals surface area (Å²) in [6.07, 6.45) is 4.53. The van der Waals surface area contributed by atoms with E-state index in [2.05, 4.69) is 17.4 Å². The Morgan fingerprint density at radius 2 is 1.80 bits per heavy atom. The van der Waals surface area contributed by atoms with E-state index < -0.39 is 5.51 Å². The molecule has 1 aliphatic rings. The van der Waals surface area contributed by atoms with E-state index in [1.54, 1.807) is 0 Å². The van der Waals surface area contributed by atoms with E-state index in [-0.39, 0.29) is 17.5 Å². The van der Waals surface area contributed by atoms with Crippen molar-refractivity contribution in [2.75, 3.05) is 12.3 Å². The van der Waals surface area contributed by atoms with Gasteiger partial charge in [0.2, 0.25) is 0 Å². The molecule has 1 saturated carbocycles. The Balaban J connectivity index is 1.85. The summed E-state index contributed by atoms with van der Waals surface area (Å²) in [5.74, 6) is 0.516. The van der Waals surface area contributed by atoms with E-state index in [0.717, 1.165) is 19.3 Å². The van der Waals surface area contributed by atoms with E-state index in [9.17, 15) is 13.2 Å². The number of hydrogen-bond acceptors (Lipinski definition) is 2. The summed E-state index contributed by atoms with van der Waals surface area (Å²) < 4.78 is 36.3. The van der Waals surface area contributed by atoms with Gasteiger partial charge in [0.25, 0.3) is 0 Å². The van der Waals surface area contributed by atoms with E-state index in [1.807, 2.05) is 18.2 Å². The molecule has 2 unspecified atom stereocenters. The number of hydrogen-bond donors (Lipinski definition) is 1. The van der Waals surface area contributed by atoms with E-state index in [0.29, 0.717) is 18.5 Å². The summed E-state index contributed by atoms with van der Waals surface area (Å²) in [4.78, 5) is 0. The first-order valence-electron chi connectivity index (χ1n) is 7.05. The summed E-state index contributed by atoms with van der Waals surface area (Å²) in [6, 6.07) is 10.6. The van der Waals surface area contributed by atoms with Crippen molar-refractivity contribution in [2.45, 2.75) is 43.2 Å². The predicted octanol–water partition coefficient (Wildman–Crippen LogP) is 4.56. The van der Waals surface area contributed by atoms with Crippen LogP contribution in [0.4, 0.5) is 13.2 Å². The smallest absolute Gasteiger partial charge is 0.313 e. The summed E-state index contributed by atoms with van der Waals surface area (Å²) in [6.45, 7) is 0.415. The molecule has 0 saturated heterocycles. The maximum atomic E-state index is 12.1. The maximum absolute atomic E-state index is 12.1. The van der Waals surface area contributed by atoms with E-state index >= 15 is 0 Å². The molecule has 0 spiro atoms. The first-order chi connectivity index (χ1) is 9.56. The highest BCUT2D eigenvalue weighted by Crippen LogP contribution is 2.33. The van der Waals surface area contributed by atoms with E-state index in [1.165, 1.54) is 12.0 Å². The second-order valence-electron chi connectivity index (χ2n) is 5.16. The number of benzene rings is 1. The Kier molecular flexibility index (Phi) is 5.78. The molecular weight excluding hydrogens is 283 g/mol. The molecular formula is C15H20F3NS. The van der Waals surface area contributed by atoms with Gasteiger partial charge >= 0.3 is 5.51 Å². The molecule has 0 radical (unpaired) electrons. The molecule has 0 aromatic heterocycles. The maximum Gasteiger partial charge on any atom is 0.441 e. The average Bonchev–Trinajstić information content (AvgIpc) is 2.44. The minimum absolute atomic E-state index is 0.0567. The van der Waals surface area contributed by atoms with Gasteiger partial charge in [-0.2, -0.15) is 13.2 Å². The van der Waals surface area contributed by atoms with Gasteiger partial charge in [-0.3, -0.25) is 0 Å². The van der Waals surface area contributed by atoms with Gasteiger partial charge < -0.3 is 5.32 Å². The first kappa shape index (κ1) is 15.7. The van der Waals surface area contributed by atoms with Crippen molar-refractivity contribution in [1.82, 2.24) is 5.32 Å². The van der Waals surface area contributed by atoms with Gasteiger partial charge in [-0.05, 0) is 36.1 Å². The molecule has 1 aliphatic carbocycles. The van der Waals surface area contributed by atoms with Gasteiger partial charge in [-0.1, -0.05) is 43.2 Å². The first-order valence-corrected chi connectivity index (χ1v) is 8.04. The summed E-state index contributed by atoms with van der Waals surface area (Å²) in [5.41, 5.74) is -2.82. The number of rotatable bonds is 5. The van der Waals surface area contributed by atoms with Crippen molar-refractivity contribution in [3.05, 3.63) is 35.9 Å². The molecule has 1 aromatic rings. The standard InChI is InChI=1S/C15H20F3NS/c16-15(17,18)20-11-10-19-14-9-5-4-8-13(14)12-6-2-1-3-7-12/h1-3,6-7,13-14,19H,4-5,8-11H2. The minimum Gasteiger partial charge on any atom is -0.313 e. The van der Waals surface area contributed by atoms with Crippen LogP contribution in [0.15, 0.2) is 30.3 Å². The van der Waals surface area contributed by atoms with Crippen molar-refractivity contribution in [1.29, 1.82) is 0 Å². The third-order valence-electron chi connectivity index (χ3n) is 3.77. The van der Waals surface area contributed by atoms with Crippen molar-refractivity contribution in [2.24, 2.45) is 0 Å². The molecule has 1 N–H and O–H groups in total. The van der Waals surface area contributed by atoms with Crippen LogP contribution in [0.1, 0.15) is 37.2 Å². The lowest BCUT2D eigenvalue weighted by atomic mass is 9.80. The molecule has 112 valence electrons. The van der Waals surface area contributed by atoms with Crippen molar-refractivity contribution in [3.8, 4) is 0 Å². The molecule has 0 amide bonds. The number of thioether (sulfide) groups is 1. The van der Waals surface area contributed by atoms with Crippen LogP contribution in [-0.4, -0.2) is 23.8 Å². The van der Waals surface area contributed by atoms with Crippen LogP contribution in [0.2, 0.25) is 0 Å².